The normalized spacial score (nSPS) is 11.0. The van der Waals surface area contributed by atoms with Gasteiger partial charge in [-0.05, 0) is 30.3 Å². The van der Waals surface area contributed by atoms with Gasteiger partial charge in [-0.1, -0.05) is 31.2 Å². The maximum Gasteiger partial charge on any atom is 0.344 e. The van der Waals surface area contributed by atoms with Gasteiger partial charge in [-0.3, -0.25) is 0 Å². The van der Waals surface area contributed by atoms with Gasteiger partial charge in [-0.15, -0.1) is 0 Å². The standard InChI is InChI=1S/C17H17NO3/c1-3-16(18-14-9-5-4-6-10-14)21-17(19)13-8-7-11-15(12-13)20-2/h4-12H,3H2,1-2H3. The number of hydrogen-bond donors (Lipinski definition) is 0. The van der Waals surface area contributed by atoms with Crippen LogP contribution < -0.4 is 4.74 Å². The van der Waals surface area contributed by atoms with Crippen molar-refractivity contribution in [3.05, 3.63) is 60.2 Å². The highest BCUT2D eigenvalue weighted by Gasteiger charge is 2.11. The van der Waals surface area contributed by atoms with Crippen molar-refractivity contribution in [3.63, 3.8) is 0 Å². The fourth-order valence-electron chi connectivity index (χ4n) is 1.74. The zero-order valence-corrected chi connectivity index (χ0v) is 12.1. The van der Waals surface area contributed by atoms with Crippen molar-refractivity contribution in [2.45, 2.75) is 13.3 Å². The second-order valence-electron chi connectivity index (χ2n) is 4.32. The third-order valence-electron chi connectivity index (χ3n) is 2.83. The minimum absolute atomic E-state index is 0.383. The van der Waals surface area contributed by atoms with E-state index in [-0.39, 0.29) is 0 Å². The molecule has 0 saturated heterocycles. The van der Waals surface area contributed by atoms with E-state index in [1.165, 1.54) is 0 Å². The van der Waals surface area contributed by atoms with Crippen molar-refractivity contribution in [1.29, 1.82) is 0 Å². The highest BCUT2D eigenvalue weighted by Crippen LogP contribution is 2.15. The summed E-state index contributed by atoms with van der Waals surface area (Å²) in [6, 6.07) is 16.2. The zero-order valence-electron chi connectivity index (χ0n) is 12.1. The lowest BCUT2D eigenvalue weighted by atomic mass is 10.2. The molecule has 4 heteroatoms. The van der Waals surface area contributed by atoms with Crippen LogP contribution in [0.5, 0.6) is 5.75 Å². The zero-order chi connectivity index (χ0) is 15.1. The SMILES string of the molecule is CCC(=Nc1ccccc1)OC(=O)c1cccc(OC)c1. The molecule has 2 aromatic carbocycles. The monoisotopic (exact) mass is 283 g/mol. The molecule has 21 heavy (non-hydrogen) atoms. The van der Waals surface area contributed by atoms with E-state index in [1.54, 1.807) is 31.4 Å². The Kier molecular flexibility index (Phi) is 5.10. The summed E-state index contributed by atoms with van der Waals surface area (Å²) in [5, 5.41) is 0. The maximum atomic E-state index is 12.1. The van der Waals surface area contributed by atoms with Gasteiger partial charge in [0.1, 0.15) is 5.75 Å². The number of rotatable bonds is 4. The lowest BCUT2D eigenvalue weighted by Gasteiger charge is -2.07. The molecule has 2 rings (SSSR count). The van der Waals surface area contributed by atoms with E-state index in [4.69, 9.17) is 9.47 Å². The van der Waals surface area contributed by atoms with E-state index >= 15 is 0 Å². The molecule has 0 spiro atoms. The molecule has 0 bridgehead atoms. The molecule has 2 aromatic rings. The minimum atomic E-state index is -0.439. The van der Waals surface area contributed by atoms with Crippen molar-refractivity contribution in [1.82, 2.24) is 0 Å². The number of benzene rings is 2. The Balaban J connectivity index is 2.14. The number of carbonyl (C=O) groups is 1. The molecule has 0 amide bonds. The van der Waals surface area contributed by atoms with Crippen LogP contribution in [0.4, 0.5) is 5.69 Å². The van der Waals surface area contributed by atoms with Gasteiger partial charge in [0.2, 0.25) is 0 Å². The summed E-state index contributed by atoms with van der Waals surface area (Å²) in [5.74, 6) is 0.557. The summed E-state index contributed by atoms with van der Waals surface area (Å²) in [7, 11) is 1.55. The molecule has 0 atom stereocenters. The predicted octanol–water partition coefficient (Wildman–Crippen LogP) is 3.99. The van der Waals surface area contributed by atoms with Gasteiger partial charge in [0.25, 0.3) is 0 Å². The van der Waals surface area contributed by atoms with Crippen LogP contribution in [0.15, 0.2) is 59.6 Å². The average molecular weight is 283 g/mol. The van der Waals surface area contributed by atoms with Crippen LogP contribution in [-0.2, 0) is 4.74 Å². The van der Waals surface area contributed by atoms with E-state index in [1.807, 2.05) is 37.3 Å². The van der Waals surface area contributed by atoms with E-state index < -0.39 is 5.97 Å². The summed E-state index contributed by atoms with van der Waals surface area (Å²) in [4.78, 5) is 16.4. The Labute approximate surface area is 124 Å². The van der Waals surface area contributed by atoms with Gasteiger partial charge in [0.05, 0.1) is 18.4 Å². The van der Waals surface area contributed by atoms with E-state index in [2.05, 4.69) is 4.99 Å². The fraction of sp³-hybridized carbons (Fsp3) is 0.176. The first kappa shape index (κ1) is 14.8. The number of aliphatic imine (C=N–C) groups is 1. The van der Waals surface area contributed by atoms with Crippen LogP contribution in [0.25, 0.3) is 0 Å². The van der Waals surface area contributed by atoms with Crippen molar-refractivity contribution in [2.24, 2.45) is 4.99 Å². The number of esters is 1. The molecule has 0 unspecified atom stereocenters. The number of para-hydroxylation sites is 1. The molecule has 0 N–H and O–H groups in total. The Morgan fingerprint density at radius 2 is 1.86 bits per heavy atom. The lowest BCUT2D eigenvalue weighted by molar-refractivity contribution is 0.0712. The maximum absolute atomic E-state index is 12.1. The van der Waals surface area contributed by atoms with Crippen molar-refractivity contribution >= 4 is 17.6 Å². The Morgan fingerprint density at radius 1 is 1.10 bits per heavy atom. The summed E-state index contributed by atoms with van der Waals surface area (Å²) >= 11 is 0. The quantitative estimate of drug-likeness (QED) is 0.484. The summed E-state index contributed by atoms with van der Waals surface area (Å²) in [6.45, 7) is 1.89. The first-order valence-electron chi connectivity index (χ1n) is 6.71. The molecule has 0 aliphatic carbocycles. The third-order valence-corrected chi connectivity index (χ3v) is 2.83. The second-order valence-corrected chi connectivity index (χ2v) is 4.32. The molecular formula is C17H17NO3. The molecule has 4 nitrogen and oxygen atoms in total. The van der Waals surface area contributed by atoms with Gasteiger partial charge < -0.3 is 9.47 Å². The Bertz CT molecular complexity index is 635. The molecule has 0 aliphatic heterocycles. The van der Waals surface area contributed by atoms with Gasteiger partial charge >= 0.3 is 5.97 Å². The molecule has 0 fully saturated rings. The van der Waals surface area contributed by atoms with Gasteiger partial charge in [0, 0.05) is 6.42 Å². The molecule has 0 heterocycles. The minimum Gasteiger partial charge on any atom is -0.497 e. The van der Waals surface area contributed by atoms with Crippen LogP contribution in [0.1, 0.15) is 23.7 Å². The van der Waals surface area contributed by atoms with Crippen LogP contribution in [0.3, 0.4) is 0 Å². The molecular weight excluding hydrogens is 266 g/mol. The number of hydrogen-bond acceptors (Lipinski definition) is 4. The molecule has 108 valence electrons. The number of nitrogens with zero attached hydrogens (tertiary/aromatic N) is 1. The molecule has 0 aliphatic rings. The van der Waals surface area contributed by atoms with Crippen molar-refractivity contribution < 1.29 is 14.3 Å². The average Bonchev–Trinajstić information content (AvgIpc) is 2.55. The Morgan fingerprint density at radius 3 is 2.52 bits per heavy atom. The highest BCUT2D eigenvalue weighted by atomic mass is 16.5. The summed E-state index contributed by atoms with van der Waals surface area (Å²) in [6.07, 6.45) is 0.532. The van der Waals surface area contributed by atoms with Crippen LogP contribution in [-0.4, -0.2) is 19.0 Å². The first-order chi connectivity index (χ1) is 10.2. The van der Waals surface area contributed by atoms with Crippen molar-refractivity contribution in [3.8, 4) is 5.75 Å². The molecule has 0 saturated carbocycles. The smallest absolute Gasteiger partial charge is 0.344 e. The predicted molar refractivity (Wildman–Crippen MR) is 82.2 cm³/mol. The fourth-order valence-corrected chi connectivity index (χ4v) is 1.74. The lowest BCUT2D eigenvalue weighted by Crippen LogP contribution is -2.11. The van der Waals surface area contributed by atoms with E-state index in [0.717, 1.165) is 5.69 Å². The molecule has 0 radical (unpaired) electrons. The van der Waals surface area contributed by atoms with Gasteiger partial charge in [0.15, 0.2) is 5.90 Å². The van der Waals surface area contributed by atoms with E-state index in [9.17, 15) is 4.79 Å². The number of carbonyl (C=O) groups excluding carboxylic acids is 1. The van der Waals surface area contributed by atoms with Crippen LogP contribution in [0, 0.1) is 0 Å². The van der Waals surface area contributed by atoms with E-state index in [0.29, 0.717) is 23.6 Å². The Hall–Kier alpha value is -2.62. The molecule has 0 aromatic heterocycles. The van der Waals surface area contributed by atoms with Crippen LogP contribution >= 0.6 is 0 Å². The van der Waals surface area contributed by atoms with Crippen LogP contribution in [0.2, 0.25) is 0 Å². The van der Waals surface area contributed by atoms with Gasteiger partial charge in [-0.25, -0.2) is 9.79 Å². The summed E-state index contributed by atoms with van der Waals surface area (Å²) < 4.78 is 10.4. The third kappa shape index (κ3) is 4.18. The summed E-state index contributed by atoms with van der Waals surface area (Å²) in [5.41, 5.74) is 1.19. The van der Waals surface area contributed by atoms with Gasteiger partial charge in [-0.2, -0.15) is 0 Å². The topological polar surface area (TPSA) is 47.9 Å². The second kappa shape index (κ2) is 7.24. The largest absolute Gasteiger partial charge is 0.497 e. The first-order valence-corrected chi connectivity index (χ1v) is 6.71. The number of ether oxygens (including phenoxy) is 2. The van der Waals surface area contributed by atoms with Crippen molar-refractivity contribution in [2.75, 3.05) is 7.11 Å². The number of methoxy groups -OCH3 is 1. The highest BCUT2D eigenvalue weighted by molar-refractivity contribution is 5.99.